The highest BCUT2D eigenvalue weighted by atomic mass is 32.2. The molecule has 0 unspecified atom stereocenters. The van der Waals surface area contributed by atoms with Crippen LogP contribution in [0.15, 0.2) is 71.6 Å². The highest BCUT2D eigenvalue weighted by Gasteiger charge is 2.32. The molecule has 0 fully saturated rings. The minimum Gasteiger partial charge on any atom is -0.378 e. The molecule has 194 valence electrons. The molecule has 1 aliphatic rings. The minimum absolute atomic E-state index is 0.0224. The average molecular weight is 521 g/mol. The minimum atomic E-state index is -3.51. The van der Waals surface area contributed by atoms with Crippen molar-refractivity contribution in [3.05, 3.63) is 72.3 Å². The van der Waals surface area contributed by atoms with Crippen LogP contribution in [0.3, 0.4) is 0 Å². The summed E-state index contributed by atoms with van der Waals surface area (Å²) in [6.07, 6.45) is 0.680. The van der Waals surface area contributed by atoms with E-state index < -0.39 is 10.0 Å². The molecule has 0 saturated heterocycles. The maximum Gasteiger partial charge on any atom is 0.242 e. The van der Waals surface area contributed by atoms with Crippen molar-refractivity contribution >= 4 is 38.9 Å². The van der Waals surface area contributed by atoms with E-state index in [1.54, 1.807) is 31.2 Å². The van der Waals surface area contributed by atoms with E-state index in [0.717, 1.165) is 28.1 Å². The second-order valence-corrected chi connectivity index (χ2v) is 11.7. The standard InChI is InChI=1S/C28H32N4O4S/c1-18-15-27(30-23-10-12-25(13-11-23)37(35,36)31(4)5)26-17-22(9-14-28(26)32(18)20(3)34)21-7-6-8-24(16-21)29-19(2)33/h6-14,16-18,27,30H,15H2,1-5H3,(H,29,33)/t18-,27+/m0/s1. The van der Waals surface area contributed by atoms with E-state index in [2.05, 4.69) is 16.7 Å². The summed E-state index contributed by atoms with van der Waals surface area (Å²) >= 11 is 0. The van der Waals surface area contributed by atoms with Crippen molar-refractivity contribution in [2.24, 2.45) is 0 Å². The Balaban J connectivity index is 1.71. The van der Waals surface area contributed by atoms with E-state index >= 15 is 0 Å². The topological polar surface area (TPSA) is 98.8 Å². The molecule has 2 N–H and O–H groups in total. The van der Waals surface area contributed by atoms with Gasteiger partial charge in [-0.15, -0.1) is 0 Å². The van der Waals surface area contributed by atoms with E-state index in [4.69, 9.17) is 0 Å². The Hall–Kier alpha value is -3.69. The van der Waals surface area contributed by atoms with Gasteiger partial charge in [0.2, 0.25) is 21.8 Å². The number of carbonyl (C=O) groups is 2. The molecule has 2 amide bonds. The molecule has 0 aromatic heterocycles. The number of carbonyl (C=O) groups excluding carboxylic acids is 2. The van der Waals surface area contributed by atoms with Crippen LogP contribution in [0.2, 0.25) is 0 Å². The van der Waals surface area contributed by atoms with Crippen molar-refractivity contribution < 1.29 is 18.0 Å². The number of hydrogen-bond donors (Lipinski definition) is 2. The van der Waals surface area contributed by atoms with Gasteiger partial charge in [0.05, 0.1) is 10.9 Å². The molecule has 9 heteroatoms. The van der Waals surface area contributed by atoms with Crippen molar-refractivity contribution in [2.75, 3.05) is 29.6 Å². The average Bonchev–Trinajstić information content (AvgIpc) is 2.83. The van der Waals surface area contributed by atoms with E-state index in [0.29, 0.717) is 12.1 Å². The van der Waals surface area contributed by atoms with Crippen LogP contribution in [0, 0.1) is 0 Å². The summed E-state index contributed by atoms with van der Waals surface area (Å²) in [6, 6.07) is 20.2. The Morgan fingerprint density at radius 2 is 1.59 bits per heavy atom. The molecular weight excluding hydrogens is 488 g/mol. The first-order valence-corrected chi connectivity index (χ1v) is 13.5. The van der Waals surface area contributed by atoms with Crippen molar-refractivity contribution in [1.29, 1.82) is 0 Å². The van der Waals surface area contributed by atoms with Crippen molar-refractivity contribution in [1.82, 2.24) is 4.31 Å². The molecule has 8 nitrogen and oxygen atoms in total. The molecule has 4 rings (SSSR count). The third kappa shape index (κ3) is 5.52. The summed E-state index contributed by atoms with van der Waals surface area (Å²) in [7, 11) is -0.501. The van der Waals surface area contributed by atoms with E-state index in [-0.39, 0.29) is 28.8 Å². The number of amides is 2. The molecule has 37 heavy (non-hydrogen) atoms. The summed E-state index contributed by atoms with van der Waals surface area (Å²) in [5, 5.41) is 6.37. The highest BCUT2D eigenvalue weighted by molar-refractivity contribution is 7.89. The fourth-order valence-corrected chi connectivity index (χ4v) is 5.68. The first-order chi connectivity index (χ1) is 17.5. The van der Waals surface area contributed by atoms with Gasteiger partial charge in [-0.05, 0) is 78.6 Å². The Kier molecular flexibility index (Phi) is 7.38. The smallest absolute Gasteiger partial charge is 0.242 e. The number of nitrogens with zero attached hydrogens (tertiary/aromatic N) is 2. The van der Waals surface area contributed by atoms with Crippen LogP contribution in [0.5, 0.6) is 0 Å². The number of fused-ring (bicyclic) bond motifs is 1. The normalized spacial score (nSPS) is 17.3. The SMILES string of the molecule is CC(=O)Nc1cccc(-c2ccc3c(c2)[C@H](Nc2ccc(S(=O)(=O)N(C)C)cc2)C[C@H](C)N3C(C)=O)c1. The van der Waals surface area contributed by atoms with Crippen LogP contribution in [0.4, 0.5) is 17.1 Å². The summed E-state index contributed by atoms with van der Waals surface area (Å²) < 4.78 is 26.1. The summed E-state index contributed by atoms with van der Waals surface area (Å²) in [6.45, 7) is 5.07. The van der Waals surface area contributed by atoms with Crippen molar-refractivity contribution in [2.45, 2.75) is 44.2 Å². The van der Waals surface area contributed by atoms with Gasteiger partial charge in [0.1, 0.15) is 0 Å². The zero-order chi connectivity index (χ0) is 26.9. The fourth-order valence-electron chi connectivity index (χ4n) is 4.78. The maximum atomic E-state index is 12.5. The van der Waals surface area contributed by atoms with Gasteiger partial charge in [0, 0.05) is 51.0 Å². The Bertz CT molecular complexity index is 1430. The zero-order valence-electron chi connectivity index (χ0n) is 21.6. The monoisotopic (exact) mass is 520 g/mol. The quantitative estimate of drug-likeness (QED) is 0.484. The molecule has 0 radical (unpaired) electrons. The van der Waals surface area contributed by atoms with E-state index in [1.165, 1.54) is 25.3 Å². The molecule has 1 aliphatic heterocycles. The van der Waals surface area contributed by atoms with Crippen molar-refractivity contribution in [3.63, 3.8) is 0 Å². The Morgan fingerprint density at radius 3 is 2.22 bits per heavy atom. The molecule has 0 saturated carbocycles. The lowest BCUT2D eigenvalue weighted by molar-refractivity contribution is -0.117. The molecule has 2 atom stereocenters. The van der Waals surface area contributed by atoms with Gasteiger partial charge < -0.3 is 15.5 Å². The van der Waals surface area contributed by atoms with Gasteiger partial charge in [-0.1, -0.05) is 18.2 Å². The maximum absolute atomic E-state index is 12.5. The summed E-state index contributed by atoms with van der Waals surface area (Å²) in [5.74, 6) is -0.159. The lowest BCUT2D eigenvalue weighted by Crippen LogP contribution is -2.43. The molecule has 0 spiro atoms. The van der Waals surface area contributed by atoms with Crippen LogP contribution in [-0.4, -0.2) is 44.7 Å². The van der Waals surface area contributed by atoms with Crippen LogP contribution >= 0.6 is 0 Å². The predicted molar refractivity (Wildman–Crippen MR) is 147 cm³/mol. The third-order valence-electron chi connectivity index (χ3n) is 6.51. The highest BCUT2D eigenvalue weighted by Crippen LogP contribution is 2.41. The fraction of sp³-hybridized carbons (Fsp3) is 0.286. The number of sulfonamides is 1. The number of rotatable bonds is 6. The van der Waals surface area contributed by atoms with Crippen LogP contribution in [0.1, 0.15) is 38.8 Å². The number of benzene rings is 3. The molecule has 0 aliphatic carbocycles. The van der Waals surface area contributed by atoms with Crippen molar-refractivity contribution in [3.8, 4) is 11.1 Å². The van der Waals surface area contributed by atoms with Gasteiger partial charge in [0.25, 0.3) is 0 Å². The summed E-state index contributed by atoms with van der Waals surface area (Å²) in [5.41, 5.74) is 5.22. The Morgan fingerprint density at radius 1 is 0.919 bits per heavy atom. The van der Waals surface area contributed by atoms with Gasteiger partial charge in [-0.3, -0.25) is 9.59 Å². The zero-order valence-corrected chi connectivity index (χ0v) is 22.5. The van der Waals surface area contributed by atoms with Gasteiger partial charge in [0.15, 0.2) is 0 Å². The molecular formula is C28H32N4O4S. The number of anilines is 3. The molecule has 0 bridgehead atoms. The number of nitrogens with one attached hydrogen (secondary N) is 2. The molecule has 3 aromatic rings. The van der Waals surface area contributed by atoms with E-state index in [1.807, 2.05) is 48.2 Å². The third-order valence-corrected chi connectivity index (χ3v) is 8.34. The lowest BCUT2D eigenvalue weighted by atomic mass is 9.89. The van der Waals surface area contributed by atoms with Crippen LogP contribution in [0.25, 0.3) is 11.1 Å². The molecule has 1 heterocycles. The largest absolute Gasteiger partial charge is 0.378 e. The second-order valence-electron chi connectivity index (χ2n) is 9.52. The van der Waals surface area contributed by atoms with Crippen LogP contribution in [-0.2, 0) is 19.6 Å². The predicted octanol–water partition coefficient (Wildman–Crippen LogP) is 4.86. The van der Waals surface area contributed by atoms with Gasteiger partial charge in [-0.2, -0.15) is 0 Å². The van der Waals surface area contributed by atoms with Crippen LogP contribution < -0.4 is 15.5 Å². The Labute approximate surface area is 218 Å². The first kappa shape index (κ1) is 26.4. The second kappa shape index (κ2) is 10.4. The number of hydrogen-bond acceptors (Lipinski definition) is 5. The lowest BCUT2D eigenvalue weighted by Gasteiger charge is -2.39. The first-order valence-electron chi connectivity index (χ1n) is 12.1. The van der Waals surface area contributed by atoms with Gasteiger partial charge in [-0.25, -0.2) is 12.7 Å². The summed E-state index contributed by atoms with van der Waals surface area (Å²) in [4.78, 5) is 26.1. The van der Waals surface area contributed by atoms with Gasteiger partial charge >= 0.3 is 0 Å². The molecule has 3 aromatic carbocycles. The van der Waals surface area contributed by atoms with E-state index in [9.17, 15) is 18.0 Å².